The molecule has 1 amide bonds. The van der Waals surface area contributed by atoms with Gasteiger partial charge in [0.25, 0.3) is 0 Å². The molecule has 0 spiro atoms. The summed E-state index contributed by atoms with van der Waals surface area (Å²) in [6.45, 7) is 6.26. The third-order valence-corrected chi connectivity index (χ3v) is 6.35. The Bertz CT molecular complexity index is 718. The van der Waals surface area contributed by atoms with Crippen LogP contribution >= 0.6 is 35.1 Å². The predicted molar refractivity (Wildman–Crippen MR) is 107 cm³/mol. The molecule has 0 saturated carbocycles. The maximum atomic E-state index is 12.9. The molecule has 1 fully saturated rings. The van der Waals surface area contributed by atoms with E-state index in [9.17, 15) is 4.79 Å². The monoisotopic (exact) mass is 401 g/mol. The average molecular weight is 402 g/mol. The van der Waals surface area contributed by atoms with E-state index in [4.69, 9.17) is 4.74 Å². The molecular formula is C17H24ClN3O2S2. The van der Waals surface area contributed by atoms with Gasteiger partial charge in [-0.2, -0.15) is 0 Å². The first-order chi connectivity index (χ1) is 11.5. The molecule has 0 unspecified atom stereocenters. The summed E-state index contributed by atoms with van der Waals surface area (Å²) in [7, 11) is 1.65. The van der Waals surface area contributed by atoms with Crippen molar-refractivity contribution in [3.63, 3.8) is 0 Å². The third kappa shape index (κ3) is 4.41. The van der Waals surface area contributed by atoms with Gasteiger partial charge in [-0.3, -0.25) is 4.79 Å². The van der Waals surface area contributed by atoms with Gasteiger partial charge in [-0.25, -0.2) is 4.98 Å². The Morgan fingerprint density at radius 1 is 1.32 bits per heavy atom. The number of anilines is 1. The molecule has 2 N–H and O–H groups in total. The number of piperidine rings is 1. The molecule has 0 aromatic carbocycles. The first-order valence-electron chi connectivity index (χ1n) is 8.09. The SMILES string of the molecule is COCC1(C(=O)Nc2nc(-c3ccc(C)s3)c(C)s2)CCNCC1.Cl. The number of methoxy groups -OCH3 is 1. The number of thiazole rings is 1. The van der Waals surface area contributed by atoms with Gasteiger partial charge in [0.15, 0.2) is 5.13 Å². The van der Waals surface area contributed by atoms with Crippen molar-refractivity contribution in [2.75, 3.05) is 32.1 Å². The number of aryl methyl sites for hydroxylation is 2. The Labute approximate surface area is 162 Å². The highest BCUT2D eigenvalue weighted by atomic mass is 35.5. The lowest BCUT2D eigenvalue weighted by Gasteiger charge is -2.35. The van der Waals surface area contributed by atoms with Gasteiger partial charge in [-0.1, -0.05) is 0 Å². The summed E-state index contributed by atoms with van der Waals surface area (Å²) in [5, 5.41) is 7.02. The van der Waals surface area contributed by atoms with Crippen LogP contribution in [0.3, 0.4) is 0 Å². The minimum atomic E-state index is -0.459. The second kappa shape index (κ2) is 8.60. The number of carbonyl (C=O) groups excluding carboxylic acids is 1. The molecule has 138 valence electrons. The van der Waals surface area contributed by atoms with Gasteiger partial charge in [-0.15, -0.1) is 35.1 Å². The fraction of sp³-hybridized carbons (Fsp3) is 0.529. The van der Waals surface area contributed by atoms with Crippen molar-refractivity contribution >= 4 is 46.1 Å². The van der Waals surface area contributed by atoms with Gasteiger partial charge in [-0.05, 0) is 51.9 Å². The van der Waals surface area contributed by atoms with Gasteiger partial charge in [0.05, 0.1) is 22.6 Å². The molecule has 0 radical (unpaired) electrons. The molecule has 3 rings (SSSR count). The Hall–Kier alpha value is -0.990. The van der Waals surface area contributed by atoms with Gasteiger partial charge in [0.1, 0.15) is 0 Å². The molecule has 1 aliphatic heterocycles. The van der Waals surface area contributed by atoms with Crippen LogP contribution in [0.5, 0.6) is 0 Å². The molecule has 25 heavy (non-hydrogen) atoms. The maximum absolute atomic E-state index is 12.9. The molecule has 0 aliphatic carbocycles. The van der Waals surface area contributed by atoms with E-state index in [0.717, 1.165) is 41.4 Å². The van der Waals surface area contributed by atoms with Crippen molar-refractivity contribution in [1.82, 2.24) is 10.3 Å². The standard InChI is InChI=1S/C17H23N3O2S2.ClH/c1-11-4-5-13(23-11)14-12(2)24-16(19-14)20-15(21)17(10-22-3)6-8-18-9-7-17;/h4-5,18H,6-10H2,1-3H3,(H,19,20,21);1H. The summed E-state index contributed by atoms with van der Waals surface area (Å²) in [6, 6.07) is 4.19. The van der Waals surface area contributed by atoms with Crippen molar-refractivity contribution in [2.24, 2.45) is 5.41 Å². The summed E-state index contributed by atoms with van der Waals surface area (Å²) in [4.78, 5) is 21.1. The summed E-state index contributed by atoms with van der Waals surface area (Å²) in [5.74, 6) is 0.0218. The van der Waals surface area contributed by atoms with Gasteiger partial charge >= 0.3 is 0 Å². The minimum absolute atomic E-state index is 0. The Kier molecular flexibility index (Phi) is 6.99. The van der Waals surface area contributed by atoms with E-state index in [2.05, 4.69) is 34.7 Å². The van der Waals surface area contributed by atoms with E-state index in [1.165, 1.54) is 16.2 Å². The third-order valence-electron chi connectivity index (χ3n) is 4.45. The first kappa shape index (κ1) is 20.3. The summed E-state index contributed by atoms with van der Waals surface area (Å²) >= 11 is 3.26. The number of hydrogen-bond acceptors (Lipinski definition) is 6. The highest BCUT2D eigenvalue weighted by Crippen LogP contribution is 2.36. The predicted octanol–water partition coefficient (Wildman–Crippen LogP) is 3.86. The minimum Gasteiger partial charge on any atom is -0.384 e. The summed E-state index contributed by atoms with van der Waals surface area (Å²) < 4.78 is 5.34. The highest BCUT2D eigenvalue weighted by molar-refractivity contribution is 7.18. The Morgan fingerprint density at radius 2 is 2.04 bits per heavy atom. The normalized spacial score (nSPS) is 16.3. The number of carbonyl (C=O) groups is 1. The van der Waals surface area contributed by atoms with E-state index in [1.807, 2.05) is 6.92 Å². The number of thiophene rings is 1. The van der Waals surface area contributed by atoms with Crippen LogP contribution in [0, 0.1) is 19.3 Å². The van der Waals surface area contributed by atoms with Crippen LogP contribution < -0.4 is 10.6 Å². The Balaban J connectivity index is 0.00000225. The zero-order chi connectivity index (χ0) is 17.2. The van der Waals surface area contributed by atoms with Crippen molar-refractivity contribution in [3.8, 4) is 10.6 Å². The number of hydrogen-bond donors (Lipinski definition) is 2. The molecule has 5 nitrogen and oxygen atoms in total. The smallest absolute Gasteiger partial charge is 0.234 e. The molecule has 2 aromatic heterocycles. The quantitative estimate of drug-likeness (QED) is 0.798. The number of nitrogens with one attached hydrogen (secondary N) is 2. The van der Waals surface area contributed by atoms with Crippen LogP contribution in [0.2, 0.25) is 0 Å². The molecule has 1 aliphatic rings. The van der Waals surface area contributed by atoms with Crippen LogP contribution in [-0.2, 0) is 9.53 Å². The van der Waals surface area contributed by atoms with Gasteiger partial charge in [0.2, 0.25) is 5.91 Å². The van der Waals surface area contributed by atoms with Crippen molar-refractivity contribution in [3.05, 3.63) is 21.9 Å². The molecule has 0 bridgehead atoms. The van der Waals surface area contributed by atoms with E-state index in [0.29, 0.717) is 11.7 Å². The van der Waals surface area contributed by atoms with E-state index in [1.54, 1.807) is 18.4 Å². The lowest BCUT2D eigenvalue weighted by molar-refractivity contribution is -0.130. The van der Waals surface area contributed by atoms with Crippen molar-refractivity contribution < 1.29 is 9.53 Å². The maximum Gasteiger partial charge on any atom is 0.234 e. The molecular weight excluding hydrogens is 378 g/mol. The lowest BCUT2D eigenvalue weighted by atomic mass is 9.79. The molecule has 3 heterocycles. The second-order valence-electron chi connectivity index (χ2n) is 6.25. The Morgan fingerprint density at radius 3 is 2.64 bits per heavy atom. The van der Waals surface area contributed by atoms with Crippen LogP contribution in [0.4, 0.5) is 5.13 Å². The van der Waals surface area contributed by atoms with E-state index in [-0.39, 0.29) is 18.3 Å². The number of halogens is 1. The number of amides is 1. The fourth-order valence-corrected chi connectivity index (χ4v) is 4.89. The highest BCUT2D eigenvalue weighted by Gasteiger charge is 2.40. The largest absolute Gasteiger partial charge is 0.384 e. The molecule has 1 saturated heterocycles. The van der Waals surface area contributed by atoms with Gasteiger partial charge < -0.3 is 15.4 Å². The number of rotatable bonds is 5. The topological polar surface area (TPSA) is 63.2 Å². The fourth-order valence-electron chi connectivity index (χ4n) is 3.09. The van der Waals surface area contributed by atoms with Crippen LogP contribution in [0.15, 0.2) is 12.1 Å². The van der Waals surface area contributed by atoms with Crippen molar-refractivity contribution in [2.45, 2.75) is 26.7 Å². The number of nitrogens with zero attached hydrogens (tertiary/aromatic N) is 1. The van der Waals surface area contributed by atoms with Crippen molar-refractivity contribution in [1.29, 1.82) is 0 Å². The average Bonchev–Trinajstić information content (AvgIpc) is 3.14. The van der Waals surface area contributed by atoms with E-state index >= 15 is 0 Å². The molecule has 2 aromatic rings. The van der Waals surface area contributed by atoms with Gasteiger partial charge in [0, 0.05) is 16.9 Å². The molecule has 0 atom stereocenters. The van der Waals surface area contributed by atoms with E-state index < -0.39 is 5.41 Å². The molecule has 8 heteroatoms. The second-order valence-corrected chi connectivity index (χ2v) is 8.74. The van der Waals surface area contributed by atoms with Crippen LogP contribution in [0.25, 0.3) is 10.6 Å². The first-order valence-corrected chi connectivity index (χ1v) is 9.73. The van der Waals surface area contributed by atoms with Crippen LogP contribution in [0.1, 0.15) is 22.6 Å². The van der Waals surface area contributed by atoms with Crippen LogP contribution in [-0.4, -0.2) is 37.7 Å². The zero-order valence-electron chi connectivity index (χ0n) is 14.7. The number of aromatic nitrogens is 1. The summed E-state index contributed by atoms with van der Waals surface area (Å²) in [5.41, 5.74) is 0.513. The lowest BCUT2D eigenvalue weighted by Crippen LogP contribution is -2.47. The zero-order valence-corrected chi connectivity index (χ0v) is 17.1. The number of ether oxygens (including phenoxy) is 1. The summed E-state index contributed by atoms with van der Waals surface area (Å²) in [6.07, 6.45) is 1.57.